The van der Waals surface area contributed by atoms with Crippen LogP contribution in [0, 0.1) is 17.3 Å². The summed E-state index contributed by atoms with van der Waals surface area (Å²) in [4.78, 5) is 26.6. The van der Waals surface area contributed by atoms with E-state index < -0.39 is 12.1 Å². The molecule has 184 valence electrons. The third-order valence-corrected chi connectivity index (χ3v) is 6.70. The summed E-state index contributed by atoms with van der Waals surface area (Å²) in [5.74, 6) is -0.470. The molecular formula is C23H31F3N2O5. The summed E-state index contributed by atoms with van der Waals surface area (Å²) in [5, 5.41) is 7.12. The van der Waals surface area contributed by atoms with Gasteiger partial charge in [0.25, 0.3) is 5.91 Å². The second-order valence-electron chi connectivity index (χ2n) is 9.16. The summed E-state index contributed by atoms with van der Waals surface area (Å²) in [6.07, 6.45) is -1.23. The van der Waals surface area contributed by atoms with E-state index in [0.717, 1.165) is 56.4 Å². The van der Waals surface area contributed by atoms with Crippen molar-refractivity contribution in [2.24, 2.45) is 17.3 Å². The van der Waals surface area contributed by atoms with Gasteiger partial charge in [-0.3, -0.25) is 4.79 Å². The molecule has 0 radical (unpaired) electrons. The Balaban J connectivity index is 0.000000383. The van der Waals surface area contributed by atoms with Crippen LogP contribution in [0.2, 0.25) is 0 Å². The third kappa shape index (κ3) is 6.38. The van der Waals surface area contributed by atoms with Gasteiger partial charge in [-0.05, 0) is 43.4 Å². The van der Waals surface area contributed by atoms with E-state index in [1.807, 2.05) is 29.2 Å². The minimum Gasteiger partial charge on any atom is -0.497 e. The molecule has 0 aromatic heterocycles. The predicted octanol–water partition coefficient (Wildman–Crippen LogP) is 3.15. The van der Waals surface area contributed by atoms with Crippen molar-refractivity contribution in [3.8, 4) is 5.75 Å². The highest BCUT2D eigenvalue weighted by atomic mass is 19.4. The molecule has 0 unspecified atom stereocenters. The second kappa shape index (κ2) is 10.3. The van der Waals surface area contributed by atoms with Gasteiger partial charge in [-0.15, -0.1) is 0 Å². The maximum Gasteiger partial charge on any atom is 0.490 e. The standard InChI is InChI=1S/C21H30N2O3.C2HF3O2/c1-25-13-18-12-22(11-16-6-7-16)14-21(18)8-9-23(15-21)20(24)17-4-3-5-19(10-17)26-2;3-2(4,5)1(6)7/h3-5,10,16,18H,6-9,11-15H2,1-2H3;(H,6,7)/t18-,21-;/m1./s1. The number of likely N-dealkylation sites (tertiary alicyclic amines) is 2. The number of ether oxygens (including phenoxy) is 2. The number of benzene rings is 1. The zero-order chi connectivity index (χ0) is 24.2. The Labute approximate surface area is 191 Å². The van der Waals surface area contributed by atoms with Crippen molar-refractivity contribution in [2.45, 2.75) is 25.4 Å². The van der Waals surface area contributed by atoms with Crippen LogP contribution in [0.1, 0.15) is 29.6 Å². The minimum absolute atomic E-state index is 0.123. The van der Waals surface area contributed by atoms with Gasteiger partial charge in [0.15, 0.2) is 0 Å². The summed E-state index contributed by atoms with van der Waals surface area (Å²) in [7, 11) is 3.43. The first-order valence-corrected chi connectivity index (χ1v) is 11.0. The minimum atomic E-state index is -5.08. The van der Waals surface area contributed by atoms with Crippen molar-refractivity contribution in [3.05, 3.63) is 29.8 Å². The van der Waals surface area contributed by atoms with E-state index in [0.29, 0.717) is 5.92 Å². The molecular weight excluding hydrogens is 441 g/mol. The fraction of sp³-hybridized carbons (Fsp3) is 0.652. The zero-order valence-electron chi connectivity index (χ0n) is 18.9. The lowest BCUT2D eigenvalue weighted by molar-refractivity contribution is -0.192. The molecule has 3 fully saturated rings. The van der Waals surface area contributed by atoms with Crippen molar-refractivity contribution < 1.29 is 37.3 Å². The van der Waals surface area contributed by atoms with Gasteiger partial charge < -0.3 is 24.4 Å². The van der Waals surface area contributed by atoms with Crippen LogP contribution in [0.25, 0.3) is 0 Å². The summed E-state index contributed by atoms with van der Waals surface area (Å²) in [6.45, 7) is 5.94. The third-order valence-electron chi connectivity index (χ3n) is 6.70. The monoisotopic (exact) mass is 472 g/mol. The first-order valence-electron chi connectivity index (χ1n) is 11.0. The van der Waals surface area contributed by atoms with Gasteiger partial charge in [-0.1, -0.05) is 6.07 Å². The highest BCUT2D eigenvalue weighted by molar-refractivity contribution is 5.94. The van der Waals surface area contributed by atoms with Crippen LogP contribution < -0.4 is 4.74 Å². The van der Waals surface area contributed by atoms with E-state index in [9.17, 15) is 18.0 Å². The van der Waals surface area contributed by atoms with E-state index in [-0.39, 0.29) is 11.3 Å². The van der Waals surface area contributed by atoms with Gasteiger partial charge in [0.05, 0.1) is 13.7 Å². The Kier molecular flexibility index (Phi) is 7.89. The number of halogens is 3. The maximum absolute atomic E-state index is 13.0. The molecule has 10 heteroatoms. The van der Waals surface area contributed by atoms with Gasteiger partial charge in [-0.25, -0.2) is 4.79 Å². The molecule has 0 bridgehead atoms. The molecule has 1 amide bonds. The molecule has 1 N–H and O–H groups in total. The molecule has 7 nitrogen and oxygen atoms in total. The van der Waals surface area contributed by atoms with Gasteiger partial charge >= 0.3 is 12.1 Å². The van der Waals surface area contributed by atoms with E-state index in [2.05, 4.69) is 4.90 Å². The number of amides is 1. The van der Waals surface area contributed by atoms with Crippen molar-refractivity contribution in [1.82, 2.24) is 9.80 Å². The van der Waals surface area contributed by atoms with Crippen LogP contribution in [0.5, 0.6) is 5.75 Å². The van der Waals surface area contributed by atoms with E-state index in [1.165, 1.54) is 19.4 Å². The molecule has 33 heavy (non-hydrogen) atoms. The van der Waals surface area contributed by atoms with E-state index in [1.54, 1.807) is 14.2 Å². The van der Waals surface area contributed by atoms with Crippen LogP contribution in [0.15, 0.2) is 24.3 Å². The van der Waals surface area contributed by atoms with Crippen molar-refractivity contribution >= 4 is 11.9 Å². The Hall–Kier alpha value is -2.33. The molecule has 1 saturated carbocycles. The normalized spacial score (nSPS) is 25.1. The van der Waals surface area contributed by atoms with Crippen molar-refractivity contribution in [2.75, 3.05) is 53.6 Å². The number of carbonyl (C=O) groups is 2. The number of carboxylic acid groups (broad SMARTS) is 1. The molecule has 2 atom stereocenters. The maximum atomic E-state index is 13.0. The summed E-state index contributed by atoms with van der Waals surface area (Å²) in [5.41, 5.74) is 0.914. The highest BCUT2D eigenvalue weighted by Gasteiger charge is 2.51. The second-order valence-corrected chi connectivity index (χ2v) is 9.16. The molecule has 1 aromatic rings. The molecule has 1 aliphatic carbocycles. The van der Waals surface area contributed by atoms with Gasteiger partial charge in [0.2, 0.25) is 0 Å². The fourth-order valence-corrected chi connectivity index (χ4v) is 4.85. The number of aliphatic carboxylic acids is 1. The number of carbonyl (C=O) groups excluding carboxylic acids is 1. The topological polar surface area (TPSA) is 79.3 Å². The Morgan fingerprint density at radius 3 is 2.48 bits per heavy atom. The Morgan fingerprint density at radius 1 is 1.21 bits per heavy atom. The number of hydrogen-bond donors (Lipinski definition) is 1. The van der Waals surface area contributed by atoms with Crippen LogP contribution in [-0.4, -0.2) is 86.5 Å². The Morgan fingerprint density at radius 2 is 1.91 bits per heavy atom. The van der Waals surface area contributed by atoms with Gasteiger partial charge in [0, 0.05) is 56.7 Å². The van der Waals surface area contributed by atoms with Crippen LogP contribution in [0.3, 0.4) is 0 Å². The largest absolute Gasteiger partial charge is 0.497 e. The van der Waals surface area contributed by atoms with Crippen molar-refractivity contribution in [1.29, 1.82) is 0 Å². The summed E-state index contributed by atoms with van der Waals surface area (Å²) < 4.78 is 42.6. The molecule has 1 spiro atoms. The average molecular weight is 473 g/mol. The SMILES string of the molecule is COC[C@H]1CN(CC2CC2)C[C@@]12CCN(C(=O)c1cccc(OC)c1)C2.O=C(O)C(F)(F)F. The van der Waals surface area contributed by atoms with E-state index >= 15 is 0 Å². The quantitative estimate of drug-likeness (QED) is 0.685. The molecule has 2 heterocycles. The first kappa shape index (κ1) is 25.3. The molecule has 4 rings (SSSR count). The van der Waals surface area contributed by atoms with Gasteiger partial charge in [0.1, 0.15) is 5.75 Å². The predicted molar refractivity (Wildman–Crippen MR) is 114 cm³/mol. The molecule has 3 aliphatic rings. The van der Waals surface area contributed by atoms with Gasteiger partial charge in [-0.2, -0.15) is 13.2 Å². The number of methoxy groups -OCH3 is 2. The lowest BCUT2D eigenvalue weighted by Crippen LogP contribution is -2.38. The number of hydrogen-bond acceptors (Lipinski definition) is 5. The molecule has 2 saturated heterocycles. The van der Waals surface area contributed by atoms with Crippen molar-refractivity contribution in [3.63, 3.8) is 0 Å². The first-order chi connectivity index (χ1) is 15.6. The highest BCUT2D eigenvalue weighted by Crippen LogP contribution is 2.45. The van der Waals surface area contributed by atoms with Crippen LogP contribution >= 0.6 is 0 Å². The summed E-state index contributed by atoms with van der Waals surface area (Å²) >= 11 is 0. The fourth-order valence-electron chi connectivity index (χ4n) is 4.85. The lowest BCUT2D eigenvalue weighted by atomic mass is 9.77. The number of carboxylic acids is 1. The van der Waals surface area contributed by atoms with Crippen LogP contribution in [-0.2, 0) is 9.53 Å². The Bertz CT molecular complexity index is 846. The zero-order valence-corrected chi connectivity index (χ0v) is 18.9. The molecule has 2 aliphatic heterocycles. The molecule has 1 aromatic carbocycles. The smallest absolute Gasteiger partial charge is 0.490 e. The lowest BCUT2D eigenvalue weighted by Gasteiger charge is -2.30. The number of rotatable bonds is 6. The average Bonchev–Trinajstić information content (AvgIpc) is 3.39. The van der Waals surface area contributed by atoms with Crippen LogP contribution in [0.4, 0.5) is 13.2 Å². The number of alkyl halides is 3. The number of nitrogens with zero attached hydrogens (tertiary/aromatic N) is 2. The van der Waals surface area contributed by atoms with E-state index in [4.69, 9.17) is 19.4 Å². The summed E-state index contributed by atoms with van der Waals surface area (Å²) in [6, 6.07) is 7.49.